The summed E-state index contributed by atoms with van der Waals surface area (Å²) < 4.78 is 10.1. The molecule has 0 saturated heterocycles. The van der Waals surface area contributed by atoms with Crippen LogP contribution < -0.4 is 14.8 Å². The summed E-state index contributed by atoms with van der Waals surface area (Å²) in [6.07, 6.45) is 0. The topological polar surface area (TPSA) is 90.7 Å². The van der Waals surface area contributed by atoms with Crippen LogP contribution in [0.5, 0.6) is 11.5 Å². The number of benzene rings is 2. The SMILES string of the molecule is COc1cc(C(=O)NCc2ccccc2)c([N+](=O)[O-])cc1OC. The van der Waals surface area contributed by atoms with E-state index in [1.807, 2.05) is 30.3 Å². The Kier molecular flexibility index (Phi) is 5.14. The normalized spacial score (nSPS) is 10.0. The highest BCUT2D eigenvalue weighted by Gasteiger charge is 2.24. The monoisotopic (exact) mass is 316 g/mol. The van der Waals surface area contributed by atoms with E-state index in [4.69, 9.17) is 9.47 Å². The van der Waals surface area contributed by atoms with Gasteiger partial charge in [-0.1, -0.05) is 30.3 Å². The number of nitro groups is 1. The Morgan fingerprint density at radius 1 is 1.13 bits per heavy atom. The van der Waals surface area contributed by atoms with Crippen molar-refractivity contribution in [2.24, 2.45) is 0 Å². The maximum atomic E-state index is 12.3. The standard InChI is InChI=1S/C16H16N2O5/c1-22-14-8-12(13(18(20)21)9-15(14)23-2)16(19)17-10-11-6-4-3-5-7-11/h3-9H,10H2,1-2H3,(H,17,19). The van der Waals surface area contributed by atoms with Crippen molar-refractivity contribution in [2.45, 2.75) is 6.54 Å². The number of rotatable bonds is 6. The predicted octanol–water partition coefficient (Wildman–Crippen LogP) is 2.54. The fourth-order valence-corrected chi connectivity index (χ4v) is 2.07. The number of carbonyl (C=O) groups is 1. The largest absolute Gasteiger partial charge is 0.493 e. The quantitative estimate of drug-likeness (QED) is 0.653. The molecule has 1 N–H and O–H groups in total. The van der Waals surface area contributed by atoms with Crippen LogP contribution in [0.2, 0.25) is 0 Å². The molecule has 0 unspecified atom stereocenters. The molecule has 2 aromatic rings. The maximum Gasteiger partial charge on any atom is 0.286 e. The van der Waals surface area contributed by atoms with Gasteiger partial charge in [-0.15, -0.1) is 0 Å². The lowest BCUT2D eigenvalue weighted by molar-refractivity contribution is -0.385. The summed E-state index contributed by atoms with van der Waals surface area (Å²) in [6.45, 7) is 0.269. The van der Waals surface area contributed by atoms with Crippen molar-refractivity contribution in [1.29, 1.82) is 0 Å². The van der Waals surface area contributed by atoms with Crippen LogP contribution in [0.3, 0.4) is 0 Å². The first kappa shape index (κ1) is 16.3. The van der Waals surface area contributed by atoms with Crippen LogP contribution in [0, 0.1) is 10.1 Å². The Hall–Kier alpha value is -3.09. The van der Waals surface area contributed by atoms with E-state index in [0.29, 0.717) is 0 Å². The van der Waals surface area contributed by atoms with Gasteiger partial charge in [0.05, 0.1) is 25.2 Å². The molecule has 0 heterocycles. The number of nitrogens with one attached hydrogen (secondary N) is 1. The number of amides is 1. The van der Waals surface area contributed by atoms with Crippen molar-refractivity contribution in [2.75, 3.05) is 14.2 Å². The highest BCUT2D eigenvalue weighted by Crippen LogP contribution is 2.34. The fraction of sp³-hybridized carbons (Fsp3) is 0.188. The van der Waals surface area contributed by atoms with E-state index in [0.717, 1.165) is 5.56 Å². The molecule has 0 aliphatic rings. The number of ether oxygens (including phenoxy) is 2. The van der Waals surface area contributed by atoms with Crippen LogP contribution >= 0.6 is 0 Å². The summed E-state index contributed by atoms with van der Waals surface area (Å²) >= 11 is 0. The zero-order valence-electron chi connectivity index (χ0n) is 12.7. The lowest BCUT2D eigenvalue weighted by atomic mass is 10.1. The van der Waals surface area contributed by atoms with Crippen LogP contribution in [0.4, 0.5) is 5.69 Å². The minimum Gasteiger partial charge on any atom is -0.493 e. The average Bonchev–Trinajstić information content (AvgIpc) is 2.59. The Balaban J connectivity index is 2.29. The van der Waals surface area contributed by atoms with E-state index < -0.39 is 10.8 Å². The first-order valence-corrected chi connectivity index (χ1v) is 6.79. The van der Waals surface area contributed by atoms with Gasteiger partial charge < -0.3 is 14.8 Å². The van der Waals surface area contributed by atoms with E-state index in [2.05, 4.69) is 5.32 Å². The zero-order chi connectivity index (χ0) is 16.8. The second-order valence-electron chi connectivity index (χ2n) is 4.65. The van der Waals surface area contributed by atoms with Gasteiger partial charge in [-0.25, -0.2) is 0 Å². The van der Waals surface area contributed by atoms with E-state index in [1.165, 1.54) is 26.4 Å². The Morgan fingerprint density at radius 3 is 2.30 bits per heavy atom. The van der Waals surface area contributed by atoms with Gasteiger partial charge in [0.2, 0.25) is 0 Å². The number of methoxy groups -OCH3 is 2. The van der Waals surface area contributed by atoms with Crippen molar-refractivity contribution in [3.63, 3.8) is 0 Å². The zero-order valence-corrected chi connectivity index (χ0v) is 12.7. The number of nitrogens with zero attached hydrogens (tertiary/aromatic N) is 1. The van der Waals surface area contributed by atoms with Crippen molar-refractivity contribution < 1.29 is 19.2 Å². The van der Waals surface area contributed by atoms with Crippen molar-refractivity contribution in [3.05, 3.63) is 63.7 Å². The molecule has 1 amide bonds. The second kappa shape index (κ2) is 7.26. The molecule has 0 spiro atoms. The third-order valence-electron chi connectivity index (χ3n) is 3.24. The molecule has 0 bridgehead atoms. The summed E-state index contributed by atoms with van der Waals surface area (Å²) in [6, 6.07) is 11.7. The molecule has 0 aliphatic heterocycles. The molecule has 0 radical (unpaired) electrons. The molecule has 0 fully saturated rings. The molecule has 0 aliphatic carbocycles. The minimum absolute atomic E-state index is 0.0800. The Labute approximate surface area is 133 Å². The molecule has 23 heavy (non-hydrogen) atoms. The molecule has 2 rings (SSSR count). The summed E-state index contributed by atoms with van der Waals surface area (Å²) in [4.78, 5) is 22.9. The van der Waals surface area contributed by atoms with Gasteiger partial charge in [-0.2, -0.15) is 0 Å². The highest BCUT2D eigenvalue weighted by molar-refractivity contribution is 5.99. The smallest absolute Gasteiger partial charge is 0.286 e. The van der Waals surface area contributed by atoms with Crippen molar-refractivity contribution >= 4 is 11.6 Å². The molecule has 0 aromatic heterocycles. The van der Waals surface area contributed by atoms with Gasteiger partial charge in [0, 0.05) is 12.6 Å². The number of carbonyl (C=O) groups excluding carboxylic acids is 1. The molecule has 2 aromatic carbocycles. The molecule has 0 atom stereocenters. The first-order valence-electron chi connectivity index (χ1n) is 6.79. The Morgan fingerprint density at radius 2 is 1.74 bits per heavy atom. The fourth-order valence-electron chi connectivity index (χ4n) is 2.07. The van der Waals surface area contributed by atoms with Crippen LogP contribution in [0.15, 0.2) is 42.5 Å². The average molecular weight is 316 g/mol. The number of hydrogen-bond donors (Lipinski definition) is 1. The van der Waals surface area contributed by atoms with Crippen LogP contribution in [0.25, 0.3) is 0 Å². The van der Waals surface area contributed by atoms with Crippen molar-refractivity contribution in [3.8, 4) is 11.5 Å². The highest BCUT2D eigenvalue weighted by atomic mass is 16.6. The summed E-state index contributed by atoms with van der Waals surface area (Å²) in [5, 5.41) is 13.9. The van der Waals surface area contributed by atoms with Crippen LogP contribution in [0.1, 0.15) is 15.9 Å². The van der Waals surface area contributed by atoms with Gasteiger partial charge in [0.25, 0.3) is 11.6 Å². The van der Waals surface area contributed by atoms with E-state index in [9.17, 15) is 14.9 Å². The number of nitro benzene ring substituents is 1. The Bertz CT molecular complexity index is 716. The van der Waals surface area contributed by atoms with Gasteiger partial charge in [-0.05, 0) is 5.56 Å². The third kappa shape index (κ3) is 3.76. The molecule has 7 heteroatoms. The van der Waals surface area contributed by atoms with E-state index in [-0.39, 0.29) is 29.3 Å². The third-order valence-corrected chi connectivity index (χ3v) is 3.24. The lowest BCUT2D eigenvalue weighted by Crippen LogP contribution is -2.23. The van der Waals surface area contributed by atoms with Crippen LogP contribution in [-0.4, -0.2) is 25.1 Å². The summed E-state index contributed by atoms with van der Waals surface area (Å²) in [5.74, 6) is -0.108. The molecule has 0 saturated carbocycles. The summed E-state index contributed by atoms with van der Waals surface area (Å²) in [7, 11) is 2.77. The maximum absolute atomic E-state index is 12.3. The van der Waals surface area contributed by atoms with Crippen LogP contribution in [-0.2, 0) is 6.54 Å². The van der Waals surface area contributed by atoms with E-state index >= 15 is 0 Å². The van der Waals surface area contributed by atoms with Crippen molar-refractivity contribution in [1.82, 2.24) is 5.32 Å². The molecule has 120 valence electrons. The predicted molar refractivity (Wildman–Crippen MR) is 83.8 cm³/mol. The van der Waals surface area contributed by atoms with Gasteiger partial charge in [0.1, 0.15) is 5.56 Å². The molecular formula is C16H16N2O5. The minimum atomic E-state index is -0.626. The second-order valence-corrected chi connectivity index (χ2v) is 4.65. The molecular weight excluding hydrogens is 300 g/mol. The number of hydrogen-bond acceptors (Lipinski definition) is 5. The van der Waals surface area contributed by atoms with Gasteiger partial charge in [-0.3, -0.25) is 14.9 Å². The summed E-state index contributed by atoms with van der Waals surface area (Å²) in [5.41, 5.74) is 0.473. The lowest BCUT2D eigenvalue weighted by Gasteiger charge is -2.11. The molecule has 7 nitrogen and oxygen atoms in total. The van der Waals surface area contributed by atoms with E-state index in [1.54, 1.807) is 0 Å². The van der Waals surface area contributed by atoms with Gasteiger partial charge in [0.15, 0.2) is 11.5 Å². The van der Waals surface area contributed by atoms with Gasteiger partial charge >= 0.3 is 0 Å². The first-order chi connectivity index (χ1) is 11.1.